The third kappa shape index (κ3) is 3.07. The van der Waals surface area contributed by atoms with Crippen molar-refractivity contribution in [3.63, 3.8) is 0 Å². The van der Waals surface area contributed by atoms with Crippen LogP contribution in [0.1, 0.15) is 42.6 Å². The number of nitrogens with zero attached hydrogens (tertiary/aromatic N) is 3. The molecule has 0 spiro atoms. The molecule has 2 fully saturated rings. The van der Waals surface area contributed by atoms with Crippen LogP contribution in [0.4, 0.5) is 0 Å². The molecule has 20 heavy (non-hydrogen) atoms. The van der Waals surface area contributed by atoms with Gasteiger partial charge in [0.15, 0.2) is 0 Å². The maximum atomic E-state index is 5.64. The van der Waals surface area contributed by atoms with Crippen LogP contribution in [-0.4, -0.2) is 40.5 Å². The van der Waals surface area contributed by atoms with Crippen LogP contribution in [0.2, 0.25) is 0 Å². The first kappa shape index (κ1) is 14.1. The van der Waals surface area contributed by atoms with Gasteiger partial charge in [0.1, 0.15) is 0 Å². The third-order valence-electron chi connectivity index (χ3n) is 4.83. The molecule has 0 bridgehead atoms. The molecule has 4 heteroatoms. The van der Waals surface area contributed by atoms with Crippen LogP contribution < -0.4 is 0 Å². The van der Waals surface area contributed by atoms with E-state index in [0.29, 0.717) is 0 Å². The van der Waals surface area contributed by atoms with Crippen LogP contribution in [0.15, 0.2) is 0 Å². The second kappa shape index (κ2) is 5.86. The van der Waals surface area contributed by atoms with E-state index in [1.165, 1.54) is 49.2 Å². The molecule has 112 valence electrons. The minimum Gasteiger partial charge on any atom is -0.381 e. The number of aryl methyl sites for hydroxylation is 2. The van der Waals surface area contributed by atoms with E-state index in [4.69, 9.17) is 4.74 Å². The van der Waals surface area contributed by atoms with E-state index in [-0.39, 0.29) is 0 Å². The van der Waals surface area contributed by atoms with Crippen molar-refractivity contribution in [3.05, 3.63) is 17.0 Å². The standard InChI is InChI=1S/C16H27N3O/c1-12-16(13(2)18(3)17-12)10-19(15-6-7-15)9-14-5-4-8-20-11-14/h14-15H,4-11H2,1-3H3/t14-/m1/s1. The van der Waals surface area contributed by atoms with Gasteiger partial charge in [0.2, 0.25) is 0 Å². The SMILES string of the molecule is Cc1nn(C)c(C)c1CN(C[C@H]1CCCOC1)C1CC1. The molecule has 1 saturated carbocycles. The second-order valence-electron chi connectivity index (χ2n) is 6.52. The molecule has 1 aromatic rings. The van der Waals surface area contributed by atoms with Gasteiger partial charge >= 0.3 is 0 Å². The molecule has 4 nitrogen and oxygen atoms in total. The summed E-state index contributed by atoms with van der Waals surface area (Å²) in [7, 11) is 2.04. The van der Waals surface area contributed by atoms with Crippen molar-refractivity contribution in [2.75, 3.05) is 19.8 Å². The van der Waals surface area contributed by atoms with Crippen LogP contribution in [0.25, 0.3) is 0 Å². The second-order valence-corrected chi connectivity index (χ2v) is 6.52. The molecule has 0 unspecified atom stereocenters. The Bertz CT molecular complexity index is 459. The summed E-state index contributed by atoms with van der Waals surface area (Å²) in [5.41, 5.74) is 3.93. The lowest BCUT2D eigenvalue weighted by Gasteiger charge is -2.30. The zero-order valence-corrected chi connectivity index (χ0v) is 13.1. The third-order valence-corrected chi connectivity index (χ3v) is 4.83. The molecular formula is C16H27N3O. The van der Waals surface area contributed by atoms with Crippen molar-refractivity contribution in [1.29, 1.82) is 0 Å². The summed E-state index contributed by atoms with van der Waals surface area (Å²) >= 11 is 0. The Kier molecular flexibility index (Phi) is 4.13. The Labute approximate surface area is 122 Å². The van der Waals surface area contributed by atoms with Gasteiger partial charge < -0.3 is 4.74 Å². The summed E-state index contributed by atoms with van der Waals surface area (Å²) in [4.78, 5) is 2.68. The normalized spacial score (nSPS) is 23.5. The van der Waals surface area contributed by atoms with Gasteiger partial charge in [-0.3, -0.25) is 9.58 Å². The summed E-state index contributed by atoms with van der Waals surface area (Å²) < 4.78 is 7.66. The van der Waals surface area contributed by atoms with E-state index >= 15 is 0 Å². The van der Waals surface area contributed by atoms with E-state index in [1.807, 2.05) is 11.7 Å². The summed E-state index contributed by atoms with van der Waals surface area (Å²) in [6, 6.07) is 0.802. The van der Waals surface area contributed by atoms with Crippen molar-refractivity contribution < 1.29 is 4.74 Å². The molecule has 1 atom stereocenters. The van der Waals surface area contributed by atoms with Gasteiger partial charge in [-0.05, 0) is 45.4 Å². The molecule has 1 aromatic heterocycles. The van der Waals surface area contributed by atoms with Crippen LogP contribution in [0.3, 0.4) is 0 Å². The van der Waals surface area contributed by atoms with E-state index in [9.17, 15) is 0 Å². The Morgan fingerprint density at radius 3 is 2.65 bits per heavy atom. The van der Waals surface area contributed by atoms with Crippen LogP contribution in [-0.2, 0) is 18.3 Å². The van der Waals surface area contributed by atoms with E-state index in [2.05, 4.69) is 23.8 Å². The number of hydrogen-bond donors (Lipinski definition) is 0. The molecule has 1 aliphatic carbocycles. The Morgan fingerprint density at radius 2 is 2.10 bits per heavy atom. The number of aromatic nitrogens is 2. The molecule has 3 rings (SSSR count). The average molecular weight is 277 g/mol. The van der Waals surface area contributed by atoms with Gasteiger partial charge in [-0.1, -0.05) is 0 Å². The smallest absolute Gasteiger partial charge is 0.0641 e. The van der Waals surface area contributed by atoms with Crippen LogP contribution in [0, 0.1) is 19.8 Å². The summed E-state index contributed by atoms with van der Waals surface area (Å²) in [6.45, 7) is 8.49. The summed E-state index contributed by atoms with van der Waals surface area (Å²) in [5, 5.41) is 4.56. The van der Waals surface area contributed by atoms with Crippen molar-refractivity contribution >= 4 is 0 Å². The molecule has 1 aliphatic heterocycles. The largest absolute Gasteiger partial charge is 0.381 e. The molecule has 2 aliphatic rings. The number of hydrogen-bond acceptors (Lipinski definition) is 3. The van der Waals surface area contributed by atoms with Gasteiger partial charge in [0, 0.05) is 44.0 Å². The topological polar surface area (TPSA) is 30.3 Å². The number of rotatable bonds is 5. The Hall–Kier alpha value is -0.870. The zero-order chi connectivity index (χ0) is 14.1. The quantitative estimate of drug-likeness (QED) is 0.828. The lowest BCUT2D eigenvalue weighted by Crippen LogP contribution is -2.35. The molecule has 0 aromatic carbocycles. The molecule has 1 saturated heterocycles. The van der Waals surface area contributed by atoms with Crippen LogP contribution >= 0.6 is 0 Å². The lowest BCUT2D eigenvalue weighted by atomic mass is 10.0. The van der Waals surface area contributed by atoms with E-state index in [1.54, 1.807) is 0 Å². The van der Waals surface area contributed by atoms with Crippen molar-refractivity contribution in [3.8, 4) is 0 Å². The fourth-order valence-corrected chi connectivity index (χ4v) is 3.31. The average Bonchev–Trinajstić information content (AvgIpc) is 3.24. The lowest BCUT2D eigenvalue weighted by molar-refractivity contribution is 0.0357. The minimum atomic E-state index is 0.724. The van der Waals surface area contributed by atoms with Crippen LogP contribution in [0.5, 0.6) is 0 Å². The summed E-state index contributed by atoms with van der Waals surface area (Å²) in [5.74, 6) is 0.724. The highest BCUT2D eigenvalue weighted by Gasteiger charge is 2.32. The highest BCUT2D eigenvalue weighted by atomic mass is 16.5. The molecular weight excluding hydrogens is 250 g/mol. The Morgan fingerprint density at radius 1 is 1.30 bits per heavy atom. The first-order valence-electron chi connectivity index (χ1n) is 7.96. The van der Waals surface area contributed by atoms with Gasteiger partial charge in [-0.15, -0.1) is 0 Å². The van der Waals surface area contributed by atoms with Crippen molar-refractivity contribution in [1.82, 2.24) is 14.7 Å². The van der Waals surface area contributed by atoms with Crippen molar-refractivity contribution in [2.45, 2.75) is 52.1 Å². The van der Waals surface area contributed by atoms with Gasteiger partial charge in [-0.2, -0.15) is 5.10 Å². The molecule has 0 N–H and O–H groups in total. The highest BCUT2D eigenvalue weighted by Crippen LogP contribution is 2.31. The monoisotopic (exact) mass is 277 g/mol. The van der Waals surface area contributed by atoms with E-state index in [0.717, 1.165) is 31.7 Å². The highest BCUT2D eigenvalue weighted by molar-refractivity contribution is 5.24. The number of ether oxygens (including phenoxy) is 1. The fourth-order valence-electron chi connectivity index (χ4n) is 3.31. The van der Waals surface area contributed by atoms with Gasteiger partial charge in [-0.25, -0.2) is 0 Å². The Balaban J connectivity index is 1.67. The first-order chi connectivity index (χ1) is 9.65. The predicted octanol–water partition coefficient (Wildman–Crippen LogP) is 2.43. The molecule has 0 radical (unpaired) electrons. The van der Waals surface area contributed by atoms with E-state index < -0.39 is 0 Å². The molecule has 2 heterocycles. The fraction of sp³-hybridized carbons (Fsp3) is 0.812. The maximum absolute atomic E-state index is 5.64. The van der Waals surface area contributed by atoms with Gasteiger partial charge in [0.05, 0.1) is 12.3 Å². The predicted molar refractivity (Wildman–Crippen MR) is 79.7 cm³/mol. The maximum Gasteiger partial charge on any atom is 0.0641 e. The van der Waals surface area contributed by atoms with Crippen molar-refractivity contribution in [2.24, 2.45) is 13.0 Å². The van der Waals surface area contributed by atoms with Gasteiger partial charge in [0.25, 0.3) is 0 Å². The first-order valence-corrected chi connectivity index (χ1v) is 7.96. The minimum absolute atomic E-state index is 0.724. The zero-order valence-electron chi connectivity index (χ0n) is 13.1. The molecule has 0 amide bonds. The summed E-state index contributed by atoms with van der Waals surface area (Å²) in [6.07, 6.45) is 5.29.